The van der Waals surface area contributed by atoms with Crippen molar-refractivity contribution in [2.75, 3.05) is 13.1 Å². The number of rotatable bonds is 8. The number of nitrogens with one attached hydrogen (secondary N) is 2. The van der Waals surface area contributed by atoms with Gasteiger partial charge < -0.3 is 21.5 Å². The SMILES string of the molecule is C[C@H](N)C(=O)NC[C@H](CC(=O)NCC(=O)O)c1ccc(Cl)cc1.Cl. The van der Waals surface area contributed by atoms with E-state index in [1.807, 2.05) is 0 Å². The van der Waals surface area contributed by atoms with Crippen LogP contribution in [0.25, 0.3) is 0 Å². The molecule has 2 amide bonds. The van der Waals surface area contributed by atoms with E-state index in [2.05, 4.69) is 10.6 Å². The largest absolute Gasteiger partial charge is 0.480 e. The molecule has 0 radical (unpaired) electrons. The summed E-state index contributed by atoms with van der Waals surface area (Å²) in [5.41, 5.74) is 6.30. The minimum absolute atomic E-state index is 0. The van der Waals surface area contributed by atoms with Crippen LogP contribution in [-0.2, 0) is 14.4 Å². The third-order valence-electron chi connectivity index (χ3n) is 3.15. The number of amides is 2. The number of aliphatic carboxylic acids is 1. The quantitative estimate of drug-likeness (QED) is 0.536. The van der Waals surface area contributed by atoms with Crippen molar-refractivity contribution >= 4 is 41.8 Å². The number of carbonyl (C=O) groups is 3. The molecule has 0 saturated heterocycles. The third-order valence-corrected chi connectivity index (χ3v) is 3.40. The second-order valence-corrected chi connectivity index (χ2v) is 5.59. The van der Waals surface area contributed by atoms with Crippen LogP contribution < -0.4 is 16.4 Å². The number of nitrogens with two attached hydrogens (primary N) is 1. The summed E-state index contributed by atoms with van der Waals surface area (Å²) in [4.78, 5) is 33.9. The molecule has 0 bridgehead atoms. The highest BCUT2D eigenvalue weighted by atomic mass is 35.5. The summed E-state index contributed by atoms with van der Waals surface area (Å²) < 4.78 is 0. The maximum absolute atomic E-state index is 11.8. The highest BCUT2D eigenvalue weighted by molar-refractivity contribution is 6.30. The van der Waals surface area contributed by atoms with Crippen LogP contribution in [0.4, 0.5) is 0 Å². The Balaban J connectivity index is 0.00000529. The van der Waals surface area contributed by atoms with Gasteiger partial charge in [-0.1, -0.05) is 23.7 Å². The molecule has 0 saturated carbocycles. The number of carboxylic acids is 1. The molecule has 0 spiro atoms. The topological polar surface area (TPSA) is 122 Å². The second-order valence-electron chi connectivity index (χ2n) is 5.16. The molecule has 0 unspecified atom stereocenters. The number of hydrogen-bond acceptors (Lipinski definition) is 4. The van der Waals surface area contributed by atoms with Crippen molar-refractivity contribution < 1.29 is 19.5 Å². The summed E-state index contributed by atoms with van der Waals surface area (Å²) in [7, 11) is 0. The minimum atomic E-state index is -1.12. The van der Waals surface area contributed by atoms with Gasteiger partial charge in [0.2, 0.25) is 11.8 Å². The maximum Gasteiger partial charge on any atom is 0.322 e. The first-order chi connectivity index (χ1) is 10.8. The van der Waals surface area contributed by atoms with Gasteiger partial charge in [0.1, 0.15) is 6.54 Å². The fraction of sp³-hybridized carbons (Fsp3) is 0.400. The Hall–Kier alpha value is -1.83. The monoisotopic (exact) mass is 377 g/mol. The second kappa shape index (κ2) is 10.9. The van der Waals surface area contributed by atoms with E-state index >= 15 is 0 Å². The maximum atomic E-state index is 11.8. The molecule has 9 heteroatoms. The lowest BCUT2D eigenvalue weighted by Gasteiger charge is -2.18. The molecule has 5 N–H and O–H groups in total. The van der Waals surface area contributed by atoms with Crippen LogP contribution in [0.15, 0.2) is 24.3 Å². The van der Waals surface area contributed by atoms with E-state index < -0.39 is 24.5 Å². The third kappa shape index (κ3) is 8.14. The molecular weight excluding hydrogens is 357 g/mol. The number of carboxylic acid groups (broad SMARTS) is 1. The molecule has 1 rings (SSSR count). The summed E-state index contributed by atoms with van der Waals surface area (Å²) in [6.45, 7) is 1.33. The Morgan fingerprint density at radius 3 is 2.29 bits per heavy atom. The molecule has 0 aliphatic rings. The first-order valence-electron chi connectivity index (χ1n) is 7.07. The van der Waals surface area contributed by atoms with Crippen LogP contribution in [0.2, 0.25) is 5.02 Å². The Morgan fingerprint density at radius 1 is 1.21 bits per heavy atom. The van der Waals surface area contributed by atoms with E-state index in [-0.39, 0.29) is 37.2 Å². The summed E-state index contributed by atoms with van der Waals surface area (Å²) in [5.74, 6) is -2.17. The van der Waals surface area contributed by atoms with Crippen LogP contribution >= 0.6 is 24.0 Å². The molecule has 0 aromatic heterocycles. The molecule has 0 fully saturated rings. The standard InChI is InChI=1S/C15H20ClN3O4.ClH/c1-9(17)15(23)19-7-11(6-13(20)18-8-14(21)22)10-2-4-12(16)5-3-10;/h2-5,9,11H,6-8,17H2,1H3,(H,18,20)(H,19,23)(H,21,22);1H/t9-,11-;/m0./s1. The van der Waals surface area contributed by atoms with E-state index in [0.29, 0.717) is 5.02 Å². The lowest BCUT2D eigenvalue weighted by atomic mass is 9.95. The van der Waals surface area contributed by atoms with Crippen molar-refractivity contribution in [2.24, 2.45) is 5.73 Å². The number of carbonyl (C=O) groups excluding carboxylic acids is 2. The van der Waals surface area contributed by atoms with Crippen molar-refractivity contribution in [1.29, 1.82) is 0 Å². The molecule has 2 atom stereocenters. The van der Waals surface area contributed by atoms with Crippen molar-refractivity contribution in [1.82, 2.24) is 10.6 Å². The van der Waals surface area contributed by atoms with Gasteiger partial charge in [-0.05, 0) is 24.6 Å². The van der Waals surface area contributed by atoms with Gasteiger partial charge in [-0.25, -0.2) is 0 Å². The summed E-state index contributed by atoms with van der Waals surface area (Å²) in [5, 5.41) is 14.1. The molecule has 7 nitrogen and oxygen atoms in total. The number of halogens is 2. The zero-order valence-electron chi connectivity index (χ0n) is 13.1. The van der Waals surface area contributed by atoms with E-state index in [4.69, 9.17) is 22.4 Å². The van der Waals surface area contributed by atoms with Gasteiger partial charge in [0, 0.05) is 23.9 Å². The molecule has 1 aromatic rings. The fourth-order valence-electron chi connectivity index (χ4n) is 1.90. The average Bonchev–Trinajstić information content (AvgIpc) is 2.49. The lowest BCUT2D eigenvalue weighted by molar-refractivity contribution is -0.138. The minimum Gasteiger partial charge on any atom is -0.480 e. The normalized spacial score (nSPS) is 12.5. The van der Waals surface area contributed by atoms with Crippen LogP contribution in [0.5, 0.6) is 0 Å². The zero-order valence-corrected chi connectivity index (χ0v) is 14.7. The van der Waals surface area contributed by atoms with E-state index in [0.717, 1.165) is 5.56 Å². The highest BCUT2D eigenvalue weighted by Crippen LogP contribution is 2.21. The van der Waals surface area contributed by atoms with Crippen molar-refractivity contribution in [3.8, 4) is 0 Å². The van der Waals surface area contributed by atoms with E-state index in [1.165, 1.54) is 0 Å². The molecule has 24 heavy (non-hydrogen) atoms. The number of benzene rings is 1. The fourth-order valence-corrected chi connectivity index (χ4v) is 2.02. The lowest BCUT2D eigenvalue weighted by Crippen LogP contribution is -2.41. The predicted molar refractivity (Wildman–Crippen MR) is 93.4 cm³/mol. The summed E-state index contributed by atoms with van der Waals surface area (Å²) in [6, 6.07) is 6.24. The van der Waals surface area contributed by atoms with Gasteiger partial charge in [-0.2, -0.15) is 0 Å². The van der Waals surface area contributed by atoms with Gasteiger partial charge in [-0.15, -0.1) is 12.4 Å². The van der Waals surface area contributed by atoms with Crippen LogP contribution in [0, 0.1) is 0 Å². The van der Waals surface area contributed by atoms with Crippen molar-refractivity contribution in [3.05, 3.63) is 34.9 Å². The first-order valence-corrected chi connectivity index (χ1v) is 7.44. The molecule has 0 heterocycles. The van der Waals surface area contributed by atoms with Gasteiger partial charge in [-0.3, -0.25) is 14.4 Å². The average molecular weight is 378 g/mol. The summed E-state index contributed by atoms with van der Waals surface area (Å²) in [6.07, 6.45) is 0.0359. The van der Waals surface area contributed by atoms with E-state index in [9.17, 15) is 14.4 Å². The van der Waals surface area contributed by atoms with Crippen molar-refractivity contribution in [2.45, 2.75) is 25.3 Å². The Labute approximate surface area is 151 Å². The molecular formula is C15H21Cl2N3O4. The van der Waals surface area contributed by atoms with Crippen LogP contribution in [-0.4, -0.2) is 42.0 Å². The van der Waals surface area contributed by atoms with Crippen LogP contribution in [0.3, 0.4) is 0 Å². The Kier molecular flexibility index (Phi) is 10.0. The molecule has 0 aliphatic carbocycles. The van der Waals surface area contributed by atoms with Gasteiger partial charge >= 0.3 is 5.97 Å². The Morgan fingerprint density at radius 2 is 1.79 bits per heavy atom. The van der Waals surface area contributed by atoms with E-state index in [1.54, 1.807) is 31.2 Å². The number of hydrogen-bond donors (Lipinski definition) is 4. The summed E-state index contributed by atoms with van der Waals surface area (Å²) >= 11 is 5.84. The van der Waals surface area contributed by atoms with Crippen LogP contribution in [0.1, 0.15) is 24.8 Å². The van der Waals surface area contributed by atoms with Gasteiger partial charge in [0.15, 0.2) is 0 Å². The van der Waals surface area contributed by atoms with Gasteiger partial charge in [0.25, 0.3) is 0 Å². The van der Waals surface area contributed by atoms with Gasteiger partial charge in [0.05, 0.1) is 6.04 Å². The zero-order chi connectivity index (χ0) is 17.4. The Bertz CT molecular complexity index is 564. The smallest absolute Gasteiger partial charge is 0.322 e. The molecule has 1 aromatic carbocycles. The molecule has 134 valence electrons. The molecule has 0 aliphatic heterocycles. The predicted octanol–water partition coefficient (Wildman–Crippen LogP) is 0.900. The first kappa shape index (κ1) is 22.2. The van der Waals surface area contributed by atoms with Crippen molar-refractivity contribution in [3.63, 3.8) is 0 Å². The highest BCUT2D eigenvalue weighted by Gasteiger charge is 2.18.